The molecule has 6 unspecified atom stereocenters. The fraction of sp³-hybridized carbons (Fsp3) is 0.701. The van der Waals surface area contributed by atoms with Crippen LogP contribution in [0.5, 0.6) is 0 Å². The summed E-state index contributed by atoms with van der Waals surface area (Å²) in [6, 6.07) is 0. The molecule has 1 aliphatic rings. The smallest absolute Gasteiger partial charge is 0.335 e. The van der Waals surface area contributed by atoms with Crippen LogP contribution in [0.4, 0.5) is 0 Å². The first kappa shape index (κ1) is 72.7. The van der Waals surface area contributed by atoms with Gasteiger partial charge >= 0.3 is 23.9 Å². The van der Waals surface area contributed by atoms with Crippen molar-refractivity contribution >= 4 is 23.9 Å². The van der Waals surface area contributed by atoms with Crippen molar-refractivity contribution in [2.24, 2.45) is 0 Å². The number of rotatable bonds is 52. The average Bonchev–Trinajstić information content (AvgIpc) is 3.46. The molecule has 0 aliphatic carbocycles. The van der Waals surface area contributed by atoms with E-state index in [1.165, 1.54) is 83.5 Å². The molecule has 1 saturated heterocycles. The van der Waals surface area contributed by atoms with Gasteiger partial charge in [0.1, 0.15) is 18.8 Å². The second-order valence-electron chi connectivity index (χ2n) is 20.9. The van der Waals surface area contributed by atoms with Crippen molar-refractivity contribution < 1.29 is 58.2 Å². The van der Waals surface area contributed by atoms with Gasteiger partial charge in [0.05, 0.1) is 6.61 Å². The summed E-state index contributed by atoms with van der Waals surface area (Å²) >= 11 is 0. The zero-order chi connectivity index (χ0) is 57.5. The number of allylic oxidation sites excluding steroid dienone is 16. The van der Waals surface area contributed by atoms with Crippen LogP contribution in [-0.4, -0.2) is 89.2 Å². The van der Waals surface area contributed by atoms with Crippen LogP contribution in [0.15, 0.2) is 97.2 Å². The van der Waals surface area contributed by atoms with Crippen molar-refractivity contribution in [3.8, 4) is 0 Å². The minimum Gasteiger partial charge on any atom is -0.479 e. The minimum atomic E-state index is -1.92. The molecule has 1 rings (SSSR count). The molecule has 12 heteroatoms. The van der Waals surface area contributed by atoms with Gasteiger partial charge in [-0.2, -0.15) is 0 Å². The van der Waals surface area contributed by atoms with Crippen molar-refractivity contribution in [1.82, 2.24) is 0 Å². The minimum absolute atomic E-state index is 0.0325. The molecule has 1 fully saturated rings. The molecule has 79 heavy (non-hydrogen) atoms. The van der Waals surface area contributed by atoms with Gasteiger partial charge in [0.25, 0.3) is 0 Å². The maximum absolute atomic E-state index is 13.2. The third kappa shape index (κ3) is 44.0. The molecule has 12 nitrogen and oxygen atoms in total. The number of hydrogen-bond acceptors (Lipinski definition) is 11. The van der Waals surface area contributed by atoms with E-state index in [0.717, 1.165) is 103 Å². The molecular weight excluding hydrogens is 997 g/mol. The molecule has 6 atom stereocenters. The lowest BCUT2D eigenvalue weighted by Crippen LogP contribution is -2.61. The molecular formula is C67H110O12. The standard InChI is InChI=1S/C67H110O12/c1-4-7-10-13-16-19-22-25-28-30-33-35-38-41-44-47-50-53-59(68)75-56-58(77-60(69)54-51-48-45-42-39-37-34-31-29-26-23-20-17-14-11-8-5-2)57-76-67-65(63(72)62(71)64(79-67)66(73)74)78-61(70)55-52-49-46-43-40-36-32-27-24-21-18-15-12-9-6-3/h7,9-10,12,16,18-19,21,25,27-28,32-33,35,41,44,58,62-65,67,71-72H,4-6,8,11,13-15,17,20,22-24,26,29-31,34,36-40,42-43,45-57H2,1-3H3,(H,73,74)/b10-7-,12-9-,19-16-,21-18-,28-25-,32-27-,35-33-,44-41-. The van der Waals surface area contributed by atoms with E-state index < -0.39 is 67.3 Å². The summed E-state index contributed by atoms with van der Waals surface area (Å²) in [5, 5.41) is 31.5. The average molecular weight is 1110 g/mol. The van der Waals surface area contributed by atoms with Crippen LogP contribution < -0.4 is 0 Å². The Morgan fingerprint density at radius 2 is 0.810 bits per heavy atom. The van der Waals surface area contributed by atoms with Crippen molar-refractivity contribution in [3.05, 3.63) is 97.2 Å². The Morgan fingerprint density at radius 1 is 0.430 bits per heavy atom. The first-order valence-corrected chi connectivity index (χ1v) is 31.2. The zero-order valence-electron chi connectivity index (χ0n) is 49.6. The molecule has 1 aliphatic heterocycles. The van der Waals surface area contributed by atoms with Gasteiger partial charge in [0.15, 0.2) is 24.6 Å². The first-order chi connectivity index (χ1) is 38.6. The van der Waals surface area contributed by atoms with E-state index in [2.05, 4.69) is 112 Å². The highest BCUT2D eigenvalue weighted by molar-refractivity contribution is 5.74. The molecule has 0 aromatic rings. The highest BCUT2D eigenvalue weighted by Crippen LogP contribution is 2.26. The highest BCUT2D eigenvalue weighted by Gasteiger charge is 2.50. The van der Waals surface area contributed by atoms with Gasteiger partial charge in [-0.3, -0.25) is 14.4 Å². The van der Waals surface area contributed by atoms with E-state index in [0.29, 0.717) is 25.7 Å². The molecule has 450 valence electrons. The number of carboxylic acid groups (broad SMARTS) is 1. The van der Waals surface area contributed by atoms with Gasteiger partial charge < -0.3 is 39.0 Å². The number of carboxylic acids is 1. The Labute approximate surface area is 479 Å². The summed E-state index contributed by atoms with van der Waals surface area (Å²) < 4.78 is 28.4. The molecule has 0 amide bonds. The number of ether oxygens (including phenoxy) is 5. The molecule has 0 aromatic heterocycles. The number of esters is 3. The normalized spacial score (nSPS) is 18.5. The van der Waals surface area contributed by atoms with Crippen LogP contribution in [-0.2, 0) is 42.9 Å². The Bertz CT molecular complexity index is 1740. The van der Waals surface area contributed by atoms with Gasteiger partial charge in [0.2, 0.25) is 0 Å². The lowest BCUT2D eigenvalue weighted by atomic mass is 9.98. The molecule has 0 saturated carbocycles. The van der Waals surface area contributed by atoms with Gasteiger partial charge in [-0.1, -0.05) is 240 Å². The lowest BCUT2D eigenvalue weighted by molar-refractivity contribution is -0.301. The number of aliphatic carboxylic acids is 1. The number of carbonyl (C=O) groups is 4. The van der Waals surface area contributed by atoms with Gasteiger partial charge in [-0.05, 0) is 89.9 Å². The Hall–Kier alpha value is -4.36. The van der Waals surface area contributed by atoms with Crippen molar-refractivity contribution in [2.45, 2.75) is 289 Å². The molecule has 3 N–H and O–H groups in total. The van der Waals surface area contributed by atoms with Crippen molar-refractivity contribution in [2.75, 3.05) is 13.2 Å². The summed E-state index contributed by atoms with van der Waals surface area (Å²) in [6.07, 6.45) is 59.5. The predicted molar refractivity (Wildman–Crippen MR) is 321 cm³/mol. The summed E-state index contributed by atoms with van der Waals surface area (Å²) in [7, 11) is 0. The molecule has 0 aromatic carbocycles. The molecule has 1 heterocycles. The van der Waals surface area contributed by atoms with E-state index in [1.807, 2.05) is 6.08 Å². The van der Waals surface area contributed by atoms with Crippen molar-refractivity contribution in [3.63, 3.8) is 0 Å². The number of aliphatic hydroxyl groups is 2. The number of aliphatic hydroxyl groups excluding tert-OH is 2. The second-order valence-corrected chi connectivity index (χ2v) is 20.9. The second kappa shape index (κ2) is 54.2. The van der Waals surface area contributed by atoms with E-state index in [-0.39, 0.29) is 25.9 Å². The van der Waals surface area contributed by atoms with Crippen LogP contribution in [0.2, 0.25) is 0 Å². The van der Waals surface area contributed by atoms with Crippen LogP contribution in [0, 0.1) is 0 Å². The fourth-order valence-corrected chi connectivity index (χ4v) is 8.95. The van der Waals surface area contributed by atoms with Crippen LogP contribution in [0.3, 0.4) is 0 Å². The summed E-state index contributed by atoms with van der Waals surface area (Å²) in [6.45, 7) is 5.73. The molecule has 0 radical (unpaired) electrons. The van der Waals surface area contributed by atoms with Gasteiger partial charge in [0, 0.05) is 19.3 Å². The lowest BCUT2D eigenvalue weighted by Gasteiger charge is -2.40. The third-order valence-corrected chi connectivity index (χ3v) is 13.7. The first-order valence-electron chi connectivity index (χ1n) is 31.2. The zero-order valence-corrected chi connectivity index (χ0v) is 49.6. The van der Waals surface area contributed by atoms with Gasteiger partial charge in [-0.25, -0.2) is 4.79 Å². The van der Waals surface area contributed by atoms with E-state index in [1.54, 1.807) is 0 Å². The Balaban J connectivity index is 2.72. The summed E-state index contributed by atoms with van der Waals surface area (Å²) in [4.78, 5) is 51.2. The molecule has 0 spiro atoms. The number of hydrogen-bond donors (Lipinski definition) is 3. The van der Waals surface area contributed by atoms with Gasteiger partial charge in [-0.15, -0.1) is 0 Å². The van der Waals surface area contributed by atoms with Crippen LogP contribution in [0.1, 0.15) is 252 Å². The fourth-order valence-electron chi connectivity index (χ4n) is 8.95. The number of carbonyl (C=O) groups excluding carboxylic acids is 3. The van der Waals surface area contributed by atoms with E-state index in [4.69, 9.17) is 23.7 Å². The van der Waals surface area contributed by atoms with E-state index >= 15 is 0 Å². The maximum atomic E-state index is 13.2. The highest BCUT2D eigenvalue weighted by atomic mass is 16.7. The molecule has 0 bridgehead atoms. The van der Waals surface area contributed by atoms with Crippen LogP contribution in [0.25, 0.3) is 0 Å². The largest absolute Gasteiger partial charge is 0.479 e. The number of unbranched alkanes of at least 4 members (excludes halogenated alkanes) is 22. The monoisotopic (exact) mass is 1110 g/mol. The Morgan fingerprint density at radius 3 is 1.25 bits per heavy atom. The summed E-state index contributed by atoms with van der Waals surface area (Å²) in [5.41, 5.74) is 0. The topological polar surface area (TPSA) is 175 Å². The van der Waals surface area contributed by atoms with Crippen molar-refractivity contribution in [1.29, 1.82) is 0 Å². The van der Waals surface area contributed by atoms with E-state index in [9.17, 15) is 34.5 Å². The quantitative estimate of drug-likeness (QED) is 0.0228. The predicted octanol–water partition coefficient (Wildman–Crippen LogP) is 16.5. The SMILES string of the molecule is CC/C=C\C/C=C\C/C=C\C/C=C\C/C=C\CCCC(=O)OCC(COC1OC(C(=O)O)C(O)C(O)C1OC(=O)CCCCCCC/C=C\C/C=C\C/C=C\CC)OC(=O)CCCCCCCCCCCCCCCCCCC. The third-order valence-electron chi connectivity index (χ3n) is 13.7. The Kier molecular flexibility index (Phi) is 49.9. The van der Waals surface area contributed by atoms with Crippen LogP contribution >= 0.6 is 0 Å². The maximum Gasteiger partial charge on any atom is 0.335 e. The summed E-state index contributed by atoms with van der Waals surface area (Å²) in [5.74, 6) is -3.22.